The first kappa shape index (κ1) is 15.5. The Morgan fingerprint density at radius 2 is 1.86 bits per heavy atom. The van der Waals surface area contributed by atoms with Crippen LogP contribution >= 0.6 is 0 Å². The third-order valence-electron chi connectivity index (χ3n) is 4.68. The van der Waals surface area contributed by atoms with Crippen LogP contribution in [0.5, 0.6) is 0 Å². The standard InChI is InChI=1S/C18H25NO3/c20-18(22-13-14-4-2-1-3-5-14)15-6-7-17(12-15)19-16-8-10-21-11-9-16/h1-5,15-17,19H,6-13H2/t15-,17+/m0/s1. The minimum atomic E-state index is -0.0415. The Labute approximate surface area is 132 Å². The van der Waals surface area contributed by atoms with Crippen molar-refractivity contribution in [2.75, 3.05) is 13.2 Å². The largest absolute Gasteiger partial charge is 0.461 e. The van der Waals surface area contributed by atoms with Crippen LogP contribution in [0, 0.1) is 5.92 Å². The minimum Gasteiger partial charge on any atom is -0.461 e. The van der Waals surface area contributed by atoms with Crippen LogP contribution in [-0.4, -0.2) is 31.3 Å². The van der Waals surface area contributed by atoms with E-state index in [1.54, 1.807) is 0 Å². The number of hydrogen-bond acceptors (Lipinski definition) is 4. The Morgan fingerprint density at radius 3 is 2.64 bits per heavy atom. The fourth-order valence-electron chi connectivity index (χ4n) is 3.39. The van der Waals surface area contributed by atoms with E-state index >= 15 is 0 Å². The highest BCUT2D eigenvalue weighted by Gasteiger charge is 2.32. The number of rotatable bonds is 5. The molecule has 0 unspecified atom stereocenters. The predicted octanol–water partition coefficient (Wildman–Crippen LogP) is 2.67. The number of nitrogens with one attached hydrogen (secondary N) is 1. The third-order valence-corrected chi connectivity index (χ3v) is 4.68. The van der Waals surface area contributed by atoms with E-state index in [1.165, 1.54) is 0 Å². The van der Waals surface area contributed by atoms with Crippen molar-refractivity contribution in [3.63, 3.8) is 0 Å². The summed E-state index contributed by atoms with van der Waals surface area (Å²) in [5.74, 6) is 0.0150. The molecule has 1 saturated carbocycles. The molecule has 120 valence electrons. The molecule has 1 aromatic carbocycles. The molecule has 2 aliphatic rings. The SMILES string of the molecule is O=C(OCc1ccccc1)[C@H]1CC[C@@H](NC2CCOCC2)C1. The lowest BCUT2D eigenvalue weighted by atomic mass is 10.1. The van der Waals surface area contributed by atoms with E-state index in [-0.39, 0.29) is 11.9 Å². The second kappa shape index (κ2) is 7.75. The monoisotopic (exact) mass is 303 g/mol. The van der Waals surface area contributed by atoms with E-state index in [0.717, 1.165) is 50.9 Å². The van der Waals surface area contributed by atoms with Gasteiger partial charge in [-0.05, 0) is 37.7 Å². The summed E-state index contributed by atoms with van der Waals surface area (Å²) in [7, 11) is 0. The zero-order valence-electron chi connectivity index (χ0n) is 13.0. The maximum absolute atomic E-state index is 12.2. The van der Waals surface area contributed by atoms with Gasteiger partial charge in [0.05, 0.1) is 5.92 Å². The second-order valence-corrected chi connectivity index (χ2v) is 6.35. The Hall–Kier alpha value is -1.39. The first-order valence-corrected chi connectivity index (χ1v) is 8.35. The zero-order valence-corrected chi connectivity index (χ0v) is 13.0. The second-order valence-electron chi connectivity index (χ2n) is 6.35. The van der Waals surface area contributed by atoms with Crippen molar-refractivity contribution in [2.24, 2.45) is 5.92 Å². The van der Waals surface area contributed by atoms with Gasteiger partial charge in [-0.1, -0.05) is 30.3 Å². The predicted molar refractivity (Wildman–Crippen MR) is 84.3 cm³/mol. The summed E-state index contributed by atoms with van der Waals surface area (Å²) in [4.78, 5) is 12.2. The maximum atomic E-state index is 12.2. The molecule has 1 heterocycles. The Morgan fingerprint density at radius 1 is 1.09 bits per heavy atom. The first-order valence-electron chi connectivity index (χ1n) is 8.35. The minimum absolute atomic E-state index is 0.0415. The normalized spacial score (nSPS) is 26.0. The summed E-state index contributed by atoms with van der Waals surface area (Å²) in [5.41, 5.74) is 1.05. The highest BCUT2D eigenvalue weighted by atomic mass is 16.5. The Bertz CT molecular complexity index is 470. The van der Waals surface area contributed by atoms with Gasteiger partial charge < -0.3 is 14.8 Å². The molecule has 3 rings (SSSR count). The van der Waals surface area contributed by atoms with Gasteiger partial charge in [0.25, 0.3) is 0 Å². The van der Waals surface area contributed by atoms with Gasteiger partial charge in [-0.3, -0.25) is 4.79 Å². The lowest BCUT2D eigenvalue weighted by molar-refractivity contribution is -0.149. The van der Waals surface area contributed by atoms with Crippen LogP contribution in [0.2, 0.25) is 0 Å². The molecule has 2 atom stereocenters. The van der Waals surface area contributed by atoms with Crippen molar-refractivity contribution >= 4 is 5.97 Å². The van der Waals surface area contributed by atoms with E-state index < -0.39 is 0 Å². The van der Waals surface area contributed by atoms with Gasteiger partial charge in [-0.2, -0.15) is 0 Å². The molecule has 1 aliphatic carbocycles. The molecule has 4 nitrogen and oxygen atoms in total. The quantitative estimate of drug-likeness (QED) is 0.850. The number of benzene rings is 1. The van der Waals surface area contributed by atoms with Crippen molar-refractivity contribution in [2.45, 2.75) is 50.8 Å². The van der Waals surface area contributed by atoms with Crippen LogP contribution < -0.4 is 5.32 Å². The fraction of sp³-hybridized carbons (Fsp3) is 0.611. The smallest absolute Gasteiger partial charge is 0.309 e. The number of esters is 1. The number of hydrogen-bond donors (Lipinski definition) is 1. The van der Waals surface area contributed by atoms with Gasteiger partial charge in [0.15, 0.2) is 0 Å². The molecular formula is C18H25NO3. The molecule has 1 saturated heterocycles. The van der Waals surface area contributed by atoms with Crippen LogP contribution in [-0.2, 0) is 20.9 Å². The molecule has 4 heteroatoms. The average molecular weight is 303 g/mol. The van der Waals surface area contributed by atoms with Crippen molar-refractivity contribution in [1.29, 1.82) is 0 Å². The van der Waals surface area contributed by atoms with Gasteiger partial charge in [0.1, 0.15) is 6.61 Å². The number of ether oxygens (including phenoxy) is 2. The summed E-state index contributed by atoms with van der Waals surface area (Å²) in [6.07, 6.45) is 5.08. The van der Waals surface area contributed by atoms with Crippen molar-refractivity contribution in [1.82, 2.24) is 5.32 Å². The maximum Gasteiger partial charge on any atom is 0.309 e. The summed E-state index contributed by atoms with van der Waals surface area (Å²) in [6.45, 7) is 2.09. The molecule has 22 heavy (non-hydrogen) atoms. The van der Waals surface area contributed by atoms with Gasteiger partial charge in [0.2, 0.25) is 0 Å². The topological polar surface area (TPSA) is 47.6 Å². The number of carbonyl (C=O) groups is 1. The molecule has 1 N–H and O–H groups in total. The zero-order chi connectivity index (χ0) is 15.2. The summed E-state index contributed by atoms with van der Waals surface area (Å²) in [6, 6.07) is 10.9. The molecule has 0 spiro atoms. The molecule has 1 aromatic rings. The highest BCUT2D eigenvalue weighted by Crippen LogP contribution is 2.28. The lowest BCUT2D eigenvalue weighted by Gasteiger charge is -2.26. The fourth-order valence-corrected chi connectivity index (χ4v) is 3.39. The summed E-state index contributed by atoms with van der Waals surface area (Å²) in [5, 5.41) is 3.69. The number of carbonyl (C=O) groups excluding carboxylic acids is 1. The molecule has 0 amide bonds. The van der Waals surface area contributed by atoms with E-state index in [0.29, 0.717) is 18.7 Å². The van der Waals surface area contributed by atoms with Crippen LogP contribution in [0.1, 0.15) is 37.7 Å². The van der Waals surface area contributed by atoms with Gasteiger partial charge in [0, 0.05) is 25.3 Å². The van der Waals surface area contributed by atoms with E-state index in [9.17, 15) is 4.79 Å². The van der Waals surface area contributed by atoms with E-state index in [2.05, 4.69) is 5.32 Å². The van der Waals surface area contributed by atoms with Crippen LogP contribution in [0.3, 0.4) is 0 Å². The van der Waals surface area contributed by atoms with Gasteiger partial charge >= 0.3 is 5.97 Å². The molecule has 2 fully saturated rings. The molecule has 0 bridgehead atoms. The Balaban J connectivity index is 1.40. The molecule has 0 radical (unpaired) electrons. The van der Waals surface area contributed by atoms with Crippen LogP contribution in [0.4, 0.5) is 0 Å². The third kappa shape index (κ3) is 4.31. The molecular weight excluding hydrogens is 278 g/mol. The van der Waals surface area contributed by atoms with Crippen molar-refractivity contribution in [3.8, 4) is 0 Å². The first-order chi connectivity index (χ1) is 10.8. The van der Waals surface area contributed by atoms with E-state index in [1.807, 2.05) is 30.3 Å². The van der Waals surface area contributed by atoms with Gasteiger partial charge in [-0.15, -0.1) is 0 Å². The average Bonchev–Trinajstić information content (AvgIpc) is 3.03. The van der Waals surface area contributed by atoms with Crippen molar-refractivity contribution in [3.05, 3.63) is 35.9 Å². The van der Waals surface area contributed by atoms with Gasteiger partial charge in [-0.25, -0.2) is 0 Å². The highest BCUT2D eigenvalue weighted by molar-refractivity contribution is 5.72. The summed E-state index contributed by atoms with van der Waals surface area (Å²) < 4.78 is 10.8. The van der Waals surface area contributed by atoms with E-state index in [4.69, 9.17) is 9.47 Å². The lowest BCUT2D eigenvalue weighted by Crippen LogP contribution is -2.40. The molecule has 0 aromatic heterocycles. The summed E-state index contributed by atoms with van der Waals surface area (Å²) >= 11 is 0. The van der Waals surface area contributed by atoms with Crippen LogP contribution in [0.15, 0.2) is 30.3 Å². The molecule has 1 aliphatic heterocycles. The van der Waals surface area contributed by atoms with Crippen molar-refractivity contribution < 1.29 is 14.3 Å². The Kier molecular flexibility index (Phi) is 5.46. The van der Waals surface area contributed by atoms with Crippen LogP contribution in [0.25, 0.3) is 0 Å².